The van der Waals surface area contributed by atoms with Gasteiger partial charge in [-0.25, -0.2) is 33.6 Å². The van der Waals surface area contributed by atoms with Crippen LogP contribution in [0, 0.1) is 5.92 Å². The van der Waals surface area contributed by atoms with Crippen LogP contribution in [0.4, 0.5) is 17.7 Å². The minimum absolute atomic E-state index is 0.00562. The highest BCUT2D eigenvalue weighted by Crippen LogP contribution is 2.53. The van der Waals surface area contributed by atoms with Gasteiger partial charge in [-0.15, -0.1) is 0 Å². The molecule has 14 N–H and O–H groups in total. The molecule has 76 heavy (non-hydrogen) atoms. The zero-order valence-corrected chi connectivity index (χ0v) is 42.8. The molecular formula is C38H54N15O20P3. The van der Waals surface area contributed by atoms with Gasteiger partial charge in [0.1, 0.15) is 54.6 Å². The van der Waals surface area contributed by atoms with Crippen LogP contribution >= 0.6 is 23.5 Å². The summed E-state index contributed by atoms with van der Waals surface area (Å²) in [5.74, 6) is -1.25. The number of H-pyrrole nitrogens is 3. The standard InChI is InChI=1S/C38H54N15O20P3/c1-64-27-20(10-52-15-45-25-32(52)47-37(40)49-34(25)56)69-22(29(27)73-74(58,59)66-5-3-4-54)13-68-75(60,61)71-19-9-51(7-17-6-42-24-23(17)43-14-44-31(24)39)8-18(19)12-67-76(62,63)72-28-21(11-55)70-36(30(28)65-2)53-16-46-26-33(53)48-38(41)50-35(26)57/h6,14-16,18-22,27-30,36,42,54-55H,3-5,7-13H2,1-2H3,(H,58,59)(H,60,61)(H,62,63)(H2,39,43,44)(H3,40,47,49,56)(H3,41,48,50,57)/t18-,19?,20+,21-,22-,27?,28?,29?,30?,36-/m1/s1. The number of nitrogens with one attached hydrogen (secondary N) is 3. The number of aliphatic hydroxyl groups excluding tert-OH is 2. The molecule has 0 radical (unpaired) electrons. The lowest BCUT2D eigenvalue weighted by atomic mass is 10.1. The van der Waals surface area contributed by atoms with Crippen LogP contribution in [0.25, 0.3) is 33.4 Å². The van der Waals surface area contributed by atoms with Gasteiger partial charge in [0.2, 0.25) is 11.9 Å². The Labute approximate surface area is 426 Å². The molecule has 0 aliphatic carbocycles. The number of rotatable bonds is 24. The first-order valence-corrected chi connectivity index (χ1v) is 27.5. The Morgan fingerprint density at radius 2 is 1.38 bits per heavy atom. The largest absolute Gasteiger partial charge is 0.472 e. The highest BCUT2D eigenvalue weighted by molar-refractivity contribution is 7.48. The fraction of sp³-hybridized carbons (Fsp3) is 0.579. The second-order valence-corrected chi connectivity index (χ2v) is 21.8. The number of aliphatic hydroxyl groups is 2. The van der Waals surface area contributed by atoms with Gasteiger partial charge in [0.05, 0.1) is 57.2 Å². The Bertz CT molecular complexity index is 3300. The molecule has 8 unspecified atom stereocenters. The van der Waals surface area contributed by atoms with Gasteiger partial charge < -0.3 is 70.6 Å². The monoisotopic (exact) mass is 1130 g/mol. The van der Waals surface area contributed by atoms with E-state index in [0.29, 0.717) is 16.6 Å². The van der Waals surface area contributed by atoms with Crippen molar-refractivity contribution < 1.29 is 84.7 Å². The second kappa shape index (κ2) is 22.6. The lowest BCUT2D eigenvalue weighted by Gasteiger charge is -2.27. The molecule has 0 amide bonds. The summed E-state index contributed by atoms with van der Waals surface area (Å²) in [7, 11) is -12.9. The van der Waals surface area contributed by atoms with Crippen LogP contribution in [0.3, 0.4) is 0 Å². The lowest BCUT2D eigenvalue weighted by molar-refractivity contribution is -0.0583. The van der Waals surface area contributed by atoms with Crippen LogP contribution in [0.1, 0.15) is 18.2 Å². The van der Waals surface area contributed by atoms with Crippen molar-refractivity contribution in [2.45, 2.75) is 74.6 Å². The average molecular weight is 1130 g/mol. The van der Waals surface area contributed by atoms with Crippen molar-refractivity contribution in [2.75, 3.05) is 77.5 Å². The highest BCUT2D eigenvalue weighted by atomic mass is 31.2. The number of likely N-dealkylation sites (tertiary alicyclic amines) is 1. The number of phosphoric ester groups is 3. The predicted octanol–water partition coefficient (Wildman–Crippen LogP) is -2.02. The van der Waals surface area contributed by atoms with Gasteiger partial charge >= 0.3 is 23.5 Å². The van der Waals surface area contributed by atoms with E-state index in [1.54, 1.807) is 11.1 Å². The van der Waals surface area contributed by atoms with E-state index in [-0.39, 0.29) is 85.9 Å². The van der Waals surface area contributed by atoms with Crippen LogP contribution in [-0.2, 0) is 72.9 Å². The molecule has 416 valence electrons. The fourth-order valence-electron chi connectivity index (χ4n) is 9.26. The summed E-state index contributed by atoms with van der Waals surface area (Å²) in [6.45, 7) is -3.14. The summed E-state index contributed by atoms with van der Waals surface area (Å²) in [5.41, 5.74) is 17.7. The number of hydrogen-bond acceptors (Lipinski definition) is 27. The lowest BCUT2D eigenvalue weighted by Crippen LogP contribution is -2.39. The van der Waals surface area contributed by atoms with Crippen LogP contribution in [0.15, 0.2) is 34.8 Å². The molecule has 0 saturated carbocycles. The normalized spacial score (nSPS) is 27.7. The molecule has 6 aromatic heterocycles. The number of fused-ring (bicyclic) bond motifs is 3. The summed E-state index contributed by atoms with van der Waals surface area (Å²) in [5, 5.41) is 19.5. The third-order valence-corrected chi connectivity index (χ3v) is 15.6. The first-order valence-electron chi connectivity index (χ1n) is 23.0. The molecule has 6 aromatic rings. The number of hydrogen-bond donors (Lipinski definition) is 11. The van der Waals surface area contributed by atoms with Crippen molar-refractivity contribution in [3.05, 3.63) is 51.4 Å². The molecule has 9 rings (SSSR count). The van der Waals surface area contributed by atoms with Crippen molar-refractivity contribution in [2.24, 2.45) is 5.92 Å². The fourth-order valence-corrected chi connectivity index (χ4v) is 12.2. The Balaban J connectivity index is 0.924. The number of nitrogens with two attached hydrogens (primary N) is 3. The number of aromatic amines is 3. The van der Waals surface area contributed by atoms with E-state index in [2.05, 4.69) is 44.9 Å². The van der Waals surface area contributed by atoms with E-state index in [1.165, 1.54) is 42.3 Å². The molecule has 9 heterocycles. The van der Waals surface area contributed by atoms with E-state index in [9.17, 15) is 48.2 Å². The SMILES string of the molecule is COC1C(OP(=O)(O)OCCCO)[C@@H](COP(=O)(O)OC2CN(Cc3c[nH]c4c(N)ncnc34)C[C@@H]2COP(=O)(O)OC2C(OC)[C@H](n3cnc4c(=O)[nH]c(N)nc43)O[C@@H]2CO)O[C@H]1Cn1cnc2c(=O)[nH]c(N)nc21. The number of nitrogen functional groups attached to an aromatic ring is 3. The van der Waals surface area contributed by atoms with Gasteiger partial charge in [-0.05, 0) is 6.42 Å². The first-order chi connectivity index (χ1) is 36.2. The van der Waals surface area contributed by atoms with E-state index in [1.807, 2.05) is 0 Å². The molecule has 0 spiro atoms. The smallest absolute Gasteiger partial charge is 0.396 e. The third kappa shape index (κ3) is 11.9. The summed E-state index contributed by atoms with van der Waals surface area (Å²) >= 11 is 0. The Hall–Kier alpha value is -5.23. The third-order valence-electron chi connectivity index (χ3n) is 12.6. The van der Waals surface area contributed by atoms with Gasteiger partial charge in [-0.1, -0.05) is 0 Å². The summed E-state index contributed by atoms with van der Waals surface area (Å²) in [6, 6.07) is 0. The maximum atomic E-state index is 14.0. The Kier molecular flexibility index (Phi) is 16.5. The van der Waals surface area contributed by atoms with E-state index >= 15 is 0 Å². The van der Waals surface area contributed by atoms with Gasteiger partial charge in [0.25, 0.3) is 11.1 Å². The van der Waals surface area contributed by atoms with E-state index in [0.717, 1.165) is 0 Å². The number of imidazole rings is 2. The molecule has 3 fully saturated rings. The number of nitrogens with zero attached hydrogens (tertiary/aromatic N) is 9. The quantitative estimate of drug-likeness (QED) is 0.0230. The molecule has 13 atom stereocenters. The number of methoxy groups -OCH3 is 2. The topological polar surface area (TPSA) is 495 Å². The first kappa shape index (κ1) is 55.5. The van der Waals surface area contributed by atoms with Crippen molar-refractivity contribution >= 4 is 74.5 Å². The van der Waals surface area contributed by atoms with Crippen LogP contribution in [0.2, 0.25) is 0 Å². The molecule has 3 aliphatic heterocycles. The molecule has 3 aliphatic rings. The van der Waals surface area contributed by atoms with Gasteiger partial charge in [0.15, 0.2) is 34.4 Å². The number of aromatic nitrogens is 11. The number of ether oxygens (including phenoxy) is 4. The summed E-state index contributed by atoms with van der Waals surface area (Å²) in [6.07, 6.45) is -6.52. The molecule has 0 aromatic carbocycles. The Morgan fingerprint density at radius 1 is 0.737 bits per heavy atom. The van der Waals surface area contributed by atoms with Crippen molar-refractivity contribution in [3.63, 3.8) is 0 Å². The van der Waals surface area contributed by atoms with Crippen molar-refractivity contribution in [1.29, 1.82) is 0 Å². The summed E-state index contributed by atoms with van der Waals surface area (Å²) in [4.78, 5) is 92.5. The highest BCUT2D eigenvalue weighted by Gasteiger charge is 2.52. The number of anilines is 3. The average Bonchev–Trinajstić information content (AvgIpc) is 4.24. The van der Waals surface area contributed by atoms with Gasteiger partial charge in [-0.2, -0.15) is 9.97 Å². The molecular weight excluding hydrogens is 1080 g/mol. The minimum atomic E-state index is -5.23. The van der Waals surface area contributed by atoms with E-state index < -0.39 is 115 Å². The zero-order valence-electron chi connectivity index (χ0n) is 40.1. The van der Waals surface area contributed by atoms with E-state index in [4.69, 9.17) is 63.3 Å². The van der Waals surface area contributed by atoms with Gasteiger partial charge in [-0.3, -0.25) is 56.2 Å². The molecule has 3 saturated heterocycles. The van der Waals surface area contributed by atoms with Gasteiger partial charge in [0, 0.05) is 58.1 Å². The molecule has 35 nitrogen and oxygen atoms in total. The van der Waals surface area contributed by atoms with Crippen LogP contribution in [-0.4, -0.2) is 193 Å². The van der Waals surface area contributed by atoms with Crippen molar-refractivity contribution in [1.82, 2.24) is 58.9 Å². The van der Waals surface area contributed by atoms with Crippen LogP contribution < -0.4 is 28.3 Å². The second-order valence-electron chi connectivity index (χ2n) is 17.6. The Morgan fingerprint density at radius 3 is 2.08 bits per heavy atom. The van der Waals surface area contributed by atoms with Crippen molar-refractivity contribution in [3.8, 4) is 0 Å². The molecule has 38 heteroatoms. The van der Waals surface area contributed by atoms with Crippen LogP contribution in [0.5, 0.6) is 0 Å². The maximum Gasteiger partial charge on any atom is 0.472 e. The number of phosphoric acid groups is 3. The predicted molar refractivity (Wildman–Crippen MR) is 257 cm³/mol. The maximum absolute atomic E-state index is 14.0. The minimum Gasteiger partial charge on any atom is -0.396 e. The molecule has 0 bridgehead atoms. The zero-order chi connectivity index (χ0) is 54.3. The summed E-state index contributed by atoms with van der Waals surface area (Å²) < 4.78 is 100.